The van der Waals surface area contributed by atoms with Crippen LogP contribution in [-0.2, 0) is 14.3 Å². The molecule has 0 aliphatic rings. The second kappa shape index (κ2) is 4.97. The van der Waals surface area contributed by atoms with E-state index in [9.17, 15) is 9.59 Å². The van der Waals surface area contributed by atoms with Crippen LogP contribution in [0.25, 0.3) is 0 Å². The van der Waals surface area contributed by atoms with Gasteiger partial charge in [-0.1, -0.05) is 13.8 Å². The zero-order valence-electron chi connectivity index (χ0n) is 6.29. The molecule has 0 fully saturated rings. The first kappa shape index (κ1) is 9.14. The van der Waals surface area contributed by atoms with E-state index in [0.717, 1.165) is 6.42 Å². The average molecular weight is 144 g/mol. The summed E-state index contributed by atoms with van der Waals surface area (Å²) in [5, 5.41) is 0. The van der Waals surface area contributed by atoms with E-state index >= 15 is 0 Å². The Labute approximate surface area is 60.4 Å². The number of carbonyl (C=O) groups excluding carboxylic acids is 2. The molecule has 0 aliphatic carbocycles. The van der Waals surface area contributed by atoms with Crippen molar-refractivity contribution in [3.63, 3.8) is 0 Å². The standard InChI is InChI=1S/C7H12O3/c1-6(2)3-4-7(9)10-5-8/h5-6H,3-4H2,1-2H3. The molecule has 0 saturated heterocycles. The molecule has 0 atom stereocenters. The Bertz CT molecular complexity index is 118. The van der Waals surface area contributed by atoms with E-state index in [1.165, 1.54) is 0 Å². The van der Waals surface area contributed by atoms with Crippen molar-refractivity contribution in [1.82, 2.24) is 0 Å². The summed E-state index contributed by atoms with van der Waals surface area (Å²) in [6, 6.07) is 0. The van der Waals surface area contributed by atoms with Gasteiger partial charge in [-0.25, -0.2) is 0 Å². The van der Waals surface area contributed by atoms with Gasteiger partial charge in [-0.2, -0.15) is 0 Å². The third-order valence-electron chi connectivity index (χ3n) is 1.11. The number of hydrogen-bond donors (Lipinski definition) is 0. The normalized spacial score (nSPS) is 9.50. The van der Waals surface area contributed by atoms with Gasteiger partial charge < -0.3 is 4.74 Å². The summed E-state index contributed by atoms with van der Waals surface area (Å²) in [4.78, 5) is 20.1. The maximum absolute atomic E-state index is 10.5. The number of esters is 1. The van der Waals surface area contributed by atoms with Crippen molar-refractivity contribution in [2.75, 3.05) is 0 Å². The molecule has 0 amide bonds. The fourth-order valence-electron chi connectivity index (χ4n) is 0.519. The van der Waals surface area contributed by atoms with Crippen LogP contribution in [0, 0.1) is 5.92 Å². The molecule has 0 N–H and O–H groups in total. The van der Waals surface area contributed by atoms with Gasteiger partial charge in [-0.3, -0.25) is 9.59 Å². The van der Waals surface area contributed by atoms with E-state index in [4.69, 9.17) is 0 Å². The number of ether oxygens (including phenoxy) is 1. The summed E-state index contributed by atoms with van der Waals surface area (Å²) in [7, 11) is 0. The third-order valence-corrected chi connectivity index (χ3v) is 1.11. The molecule has 0 rings (SSSR count). The summed E-state index contributed by atoms with van der Waals surface area (Å²) < 4.78 is 4.07. The van der Waals surface area contributed by atoms with E-state index in [1.807, 2.05) is 13.8 Å². The molecule has 0 saturated carbocycles. The molecule has 0 aromatic heterocycles. The third kappa shape index (κ3) is 5.28. The molecule has 0 aromatic rings. The largest absolute Gasteiger partial charge is 0.395 e. The first-order chi connectivity index (χ1) is 4.66. The second-order valence-corrected chi connectivity index (χ2v) is 2.52. The Kier molecular flexibility index (Phi) is 4.54. The van der Waals surface area contributed by atoms with Crippen LogP contribution in [0.1, 0.15) is 26.7 Å². The van der Waals surface area contributed by atoms with Crippen molar-refractivity contribution in [2.24, 2.45) is 5.92 Å². The highest BCUT2D eigenvalue weighted by Crippen LogP contribution is 2.03. The van der Waals surface area contributed by atoms with Crippen LogP contribution in [-0.4, -0.2) is 12.4 Å². The summed E-state index contributed by atoms with van der Waals surface area (Å²) >= 11 is 0. The molecule has 0 unspecified atom stereocenters. The first-order valence-electron chi connectivity index (χ1n) is 3.30. The fraction of sp³-hybridized carbons (Fsp3) is 0.714. The molecule has 0 bridgehead atoms. The monoisotopic (exact) mass is 144 g/mol. The summed E-state index contributed by atoms with van der Waals surface area (Å²) in [5.41, 5.74) is 0. The quantitative estimate of drug-likeness (QED) is 0.337. The van der Waals surface area contributed by atoms with Gasteiger partial charge in [-0.05, 0) is 12.3 Å². The van der Waals surface area contributed by atoms with Gasteiger partial charge in [0.05, 0.1) is 0 Å². The van der Waals surface area contributed by atoms with Crippen LogP contribution in [0.15, 0.2) is 0 Å². The molecule has 3 heteroatoms. The fourth-order valence-corrected chi connectivity index (χ4v) is 0.519. The Morgan fingerprint density at radius 3 is 2.60 bits per heavy atom. The lowest BCUT2D eigenvalue weighted by Crippen LogP contribution is -2.03. The molecule has 10 heavy (non-hydrogen) atoms. The molecule has 0 spiro atoms. The van der Waals surface area contributed by atoms with Gasteiger partial charge in [0.1, 0.15) is 0 Å². The molecule has 0 heterocycles. The molecule has 0 aliphatic heterocycles. The smallest absolute Gasteiger partial charge is 0.313 e. The zero-order valence-corrected chi connectivity index (χ0v) is 6.29. The van der Waals surface area contributed by atoms with E-state index < -0.39 is 5.97 Å². The van der Waals surface area contributed by atoms with Gasteiger partial charge in [0.2, 0.25) is 0 Å². The topological polar surface area (TPSA) is 43.4 Å². The first-order valence-corrected chi connectivity index (χ1v) is 3.30. The van der Waals surface area contributed by atoms with E-state index in [-0.39, 0.29) is 6.47 Å². The predicted octanol–water partition coefficient (Wildman–Crippen LogP) is 1.12. The van der Waals surface area contributed by atoms with Crippen LogP contribution in [0.4, 0.5) is 0 Å². The zero-order chi connectivity index (χ0) is 7.98. The van der Waals surface area contributed by atoms with E-state index in [1.54, 1.807) is 0 Å². The van der Waals surface area contributed by atoms with E-state index in [2.05, 4.69) is 4.74 Å². The SMILES string of the molecule is CC(C)CCC(=O)OC=O. The number of carbonyl (C=O) groups is 2. The maximum atomic E-state index is 10.5. The van der Waals surface area contributed by atoms with Crippen molar-refractivity contribution < 1.29 is 14.3 Å². The van der Waals surface area contributed by atoms with Crippen molar-refractivity contribution in [1.29, 1.82) is 0 Å². The van der Waals surface area contributed by atoms with Gasteiger partial charge in [0, 0.05) is 6.42 Å². The molecule has 0 radical (unpaired) electrons. The highest BCUT2D eigenvalue weighted by Gasteiger charge is 2.02. The maximum Gasteiger partial charge on any atom is 0.313 e. The lowest BCUT2D eigenvalue weighted by Gasteiger charge is -2.00. The highest BCUT2D eigenvalue weighted by molar-refractivity contribution is 5.76. The van der Waals surface area contributed by atoms with Crippen LogP contribution in [0.3, 0.4) is 0 Å². The molecule has 0 aromatic carbocycles. The molecule has 58 valence electrons. The Morgan fingerprint density at radius 2 is 2.20 bits per heavy atom. The van der Waals surface area contributed by atoms with Crippen LogP contribution in [0.5, 0.6) is 0 Å². The minimum Gasteiger partial charge on any atom is -0.395 e. The van der Waals surface area contributed by atoms with Crippen molar-refractivity contribution in [3.05, 3.63) is 0 Å². The lowest BCUT2D eigenvalue weighted by molar-refractivity contribution is -0.151. The minimum atomic E-state index is -0.441. The Hall–Kier alpha value is -0.860. The van der Waals surface area contributed by atoms with Crippen LogP contribution >= 0.6 is 0 Å². The molecular formula is C7H12O3. The van der Waals surface area contributed by atoms with E-state index in [0.29, 0.717) is 12.3 Å². The van der Waals surface area contributed by atoms with Gasteiger partial charge in [0.15, 0.2) is 0 Å². The predicted molar refractivity (Wildman–Crippen MR) is 36.2 cm³/mol. The average Bonchev–Trinajstić information content (AvgIpc) is 1.85. The summed E-state index contributed by atoms with van der Waals surface area (Å²) in [6.07, 6.45) is 1.10. The minimum absolute atomic E-state index is 0.169. The van der Waals surface area contributed by atoms with Gasteiger partial charge in [-0.15, -0.1) is 0 Å². The van der Waals surface area contributed by atoms with Crippen molar-refractivity contribution >= 4 is 12.4 Å². The lowest BCUT2D eigenvalue weighted by atomic mass is 10.1. The summed E-state index contributed by atoms with van der Waals surface area (Å²) in [6.45, 7) is 4.19. The van der Waals surface area contributed by atoms with Gasteiger partial charge in [0.25, 0.3) is 0 Å². The Balaban J connectivity index is 3.30. The number of rotatable bonds is 4. The molecular weight excluding hydrogens is 132 g/mol. The van der Waals surface area contributed by atoms with Crippen LogP contribution in [0.2, 0.25) is 0 Å². The highest BCUT2D eigenvalue weighted by atomic mass is 16.6. The Morgan fingerprint density at radius 1 is 1.60 bits per heavy atom. The van der Waals surface area contributed by atoms with Crippen molar-refractivity contribution in [3.8, 4) is 0 Å². The van der Waals surface area contributed by atoms with Gasteiger partial charge >= 0.3 is 12.4 Å². The molecule has 3 nitrogen and oxygen atoms in total. The van der Waals surface area contributed by atoms with Crippen molar-refractivity contribution in [2.45, 2.75) is 26.7 Å². The number of hydrogen-bond acceptors (Lipinski definition) is 3. The summed E-state index contributed by atoms with van der Waals surface area (Å²) in [5.74, 6) is 0.0305. The van der Waals surface area contributed by atoms with Crippen LogP contribution < -0.4 is 0 Å². The second-order valence-electron chi connectivity index (χ2n) is 2.52.